The van der Waals surface area contributed by atoms with Crippen molar-refractivity contribution in [2.45, 2.75) is 32.7 Å². The molecule has 0 bridgehead atoms. The summed E-state index contributed by atoms with van der Waals surface area (Å²) in [6.45, 7) is 4.34. The summed E-state index contributed by atoms with van der Waals surface area (Å²) in [6.07, 6.45) is 7.28. The fourth-order valence-electron chi connectivity index (χ4n) is 1.06. The molecule has 1 unspecified atom stereocenters. The van der Waals surface area contributed by atoms with Crippen molar-refractivity contribution in [1.29, 1.82) is 0 Å². The van der Waals surface area contributed by atoms with Crippen molar-refractivity contribution in [1.82, 2.24) is 5.32 Å². The average molecular weight is 199 g/mol. The van der Waals surface area contributed by atoms with Crippen LogP contribution in [-0.2, 0) is 0 Å². The Morgan fingerprint density at radius 1 is 1.43 bits per heavy atom. The lowest BCUT2D eigenvalue weighted by molar-refractivity contribution is 0.0684. The zero-order chi connectivity index (χ0) is 11.0. The lowest BCUT2D eigenvalue weighted by atomic mass is 9.92. The predicted octanol–water partition coefficient (Wildman–Crippen LogP) is 0.369. The summed E-state index contributed by atoms with van der Waals surface area (Å²) < 4.78 is 0. The third kappa shape index (κ3) is 4.61. The Balaban J connectivity index is 3.95. The summed E-state index contributed by atoms with van der Waals surface area (Å²) in [7, 11) is 0. The van der Waals surface area contributed by atoms with E-state index in [1.165, 1.54) is 0 Å². The van der Waals surface area contributed by atoms with Gasteiger partial charge in [0.1, 0.15) is 0 Å². The highest BCUT2D eigenvalue weighted by molar-refractivity contribution is 4.99. The molecule has 3 heteroatoms. The third-order valence-electron chi connectivity index (χ3n) is 2.32. The molecule has 0 amide bonds. The molecule has 0 heterocycles. The Morgan fingerprint density at radius 3 is 2.36 bits per heavy atom. The smallest absolute Gasteiger partial charge is 0.0687 e. The second-order valence-electron chi connectivity index (χ2n) is 4.02. The molecule has 0 aromatic heterocycles. The predicted molar refractivity (Wildman–Crippen MR) is 57.8 cm³/mol. The van der Waals surface area contributed by atoms with Crippen molar-refractivity contribution in [2.75, 3.05) is 19.8 Å². The molecule has 0 rings (SSSR count). The molecular weight excluding hydrogens is 178 g/mol. The molecule has 3 N–H and O–H groups in total. The maximum atomic E-state index is 9.05. The van der Waals surface area contributed by atoms with E-state index in [1.807, 2.05) is 6.92 Å². The minimum atomic E-state index is -0.483. The molecule has 0 saturated carbocycles. The number of nitrogens with one attached hydrogen (secondary N) is 1. The summed E-state index contributed by atoms with van der Waals surface area (Å²) in [6, 6.07) is 0.0393. The molecule has 3 nitrogen and oxygen atoms in total. The van der Waals surface area contributed by atoms with Gasteiger partial charge >= 0.3 is 0 Å². The molecule has 0 aliphatic carbocycles. The van der Waals surface area contributed by atoms with Gasteiger partial charge in [-0.1, -0.05) is 26.2 Å². The van der Waals surface area contributed by atoms with E-state index < -0.39 is 5.41 Å². The molecule has 0 aromatic rings. The highest BCUT2D eigenvalue weighted by Crippen LogP contribution is 2.12. The van der Waals surface area contributed by atoms with E-state index in [2.05, 4.69) is 18.2 Å². The minimum absolute atomic E-state index is 0.0393. The van der Waals surface area contributed by atoms with Crippen molar-refractivity contribution in [3.05, 3.63) is 0 Å². The molecule has 0 aromatic carbocycles. The van der Waals surface area contributed by atoms with Gasteiger partial charge in [0.15, 0.2) is 0 Å². The van der Waals surface area contributed by atoms with Gasteiger partial charge in [0.25, 0.3) is 0 Å². The number of hydrogen-bond donors (Lipinski definition) is 3. The lowest BCUT2D eigenvalue weighted by Crippen LogP contribution is -2.41. The Morgan fingerprint density at radius 2 is 2.00 bits per heavy atom. The molecule has 0 spiro atoms. The van der Waals surface area contributed by atoms with Crippen LogP contribution < -0.4 is 5.32 Å². The van der Waals surface area contributed by atoms with Gasteiger partial charge in [0.05, 0.1) is 19.3 Å². The van der Waals surface area contributed by atoms with Gasteiger partial charge in [-0.3, -0.25) is 0 Å². The summed E-state index contributed by atoms with van der Waals surface area (Å²) in [4.78, 5) is 0. The molecule has 14 heavy (non-hydrogen) atoms. The summed E-state index contributed by atoms with van der Waals surface area (Å²) in [5.74, 6) is 2.65. The average Bonchev–Trinajstić information content (AvgIpc) is 2.23. The van der Waals surface area contributed by atoms with Crippen LogP contribution in [0.25, 0.3) is 0 Å². The molecule has 82 valence electrons. The zero-order valence-electron chi connectivity index (χ0n) is 9.08. The van der Waals surface area contributed by atoms with Gasteiger partial charge in [-0.2, -0.15) is 0 Å². The van der Waals surface area contributed by atoms with Gasteiger partial charge in [-0.25, -0.2) is 0 Å². The van der Waals surface area contributed by atoms with Gasteiger partial charge < -0.3 is 15.5 Å². The Bertz CT molecular complexity index is 182. The first kappa shape index (κ1) is 13.4. The maximum absolute atomic E-state index is 9.05. The quantitative estimate of drug-likeness (QED) is 0.519. The molecule has 0 saturated heterocycles. The minimum Gasteiger partial charge on any atom is -0.396 e. The largest absolute Gasteiger partial charge is 0.396 e. The standard InChI is InChI=1S/C11H21NO2/c1-4-6-10(5-2)12-7-11(3,8-13)9-14/h2,10,12-14H,4,6-9H2,1,3H3. The third-order valence-corrected chi connectivity index (χ3v) is 2.32. The second kappa shape index (κ2) is 6.83. The monoisotopic (exact) mass is 199 g/mol. The van der Waals surface area contributed by atoms with E-state index in [9.17, 15) is 0 Å². The highest BCUT2D eigenvalue weighted by Gasteiger charge is 2.22. The van der Waals surface area contributed by atoms with Crippen LogP contribution in [0.15, 0.2) is 0 Å². The van der Waals surface area contributed by atoms with Crippen LogP contribution in [0.2, 0.25) is 0 Å². The molecule has 0 aliphatic rings. The van der Waals surface area contributed by atoms with Crippen LogP contribution in [0.3, 0.4) is 0 Å². The maximum Gasteiger partial charge on any atom is 0.0687 e. The van der Waals surface area contributed by atoms with Gasteiger partial charge in [-0.15, -0.1) is 6.42 Å². The number of aliphatic hydroxyl groups excluding tert-OH is 2. The van der Waals surface area contributed by atoms with Crippen LogP contribution in [0.4, 0.5) is 0 Å². The number of rotatable bonds is 7. The molecule has 0 radical (unpaired) electrons. The Labute approximate surface area is 86.5 Å². The van der Waals surface area contributed by atoms with Gasteiger partial charge in [0.2, 0.25) is 0 Å². The van der Waals surface area contributed by atoms with Crippen LogP contribution in [-0.4, -0.2) is 36.0 Å². The Hall–Kier alpha value is -0.560. The number of terminal acetylenes is 1. The van der Waals surface area contributed by atoms with E-state index in [0.717, 1.165) is 12.8 Å². The molecular formula is C11H21NO2. The first-order valence-corrected chi connectivity index (χ1v) is 5.03. The molecule has 0 fully saturated rings. The van der Waals surface area contributed by atoms with E-state index in [-0.39, 0.29) is 19.3 Å². The van der Waals surface area contributed by atoms with Gasteiger partial charge in [-0.05, 0) is 6.42 Å². The van der Waals surface area contributed by atoms with Crippen LogP contribution in [0.5, 0.6) is 0 Å². The SMILES string of the molecule is C#CC(CCC)NCC(C)(CO)CO. The number of hydrogen-bond acceptors (Lipinski definition) is 3. The second-order valence-corrected chi connectivity index (χ2v) is 4.02. The van der Waals surface area contributed by atoms with Crippen molar-refractivity contribution in [3.8, 4) is 12.3 Å². The first-order valence-electron chi connectivity index (χ1n) is 5.03. The van der Waals surface area contributed by atoms with Crippen LogP contribution in [0.1, 0.15) is 26.7 Å². The zero-order valence-corrected chi connectivity index (χ0v) is 9.08. The molecule has 1 atom stereocenters. The highest BCUT2D eigenvalue weighted by atomic mass is 16.3. The topological polar surface area (TPSA) is 52.5 Å². The van der Waals surface area contributed by atoms with E-state index in [0.29, 0.717) is 6.54 Å². The van der Waals surface area contributed by atoms with E-state index >= 15 is 0 Å². The lowest BCUT2D eigenvalue weighted by Gasteiger charge is -2.26. The van der Waals surface area contributed by atoms with Crippen LogP contribution >= 0.6 is 0 Å². The van der Waals surface area contributed by atoms with Gasteiger partial charge in [0, 0.05) is 12.0 Å². The van der Waals surface area contributed by atoms with E-state index in [4.69, 9.17) is 16.6 Å². The normalized spacial score (nSPS) is 13.6. The van der Waals surface area contributed by atoms with Crippen molar-refractivity contribution >= 4 is 0 Å². The first-order chi connectivity index (χ1) is 6.61. The van der Waals surface area contributed by atoms with Crippen LogP contribution in [0, 0.1) is 17.8 Å². The van der Waals surface area contributed by atoms with E-state index in [1.54, 1.807) is 0 Å². The molecule has 0 aliphatic heterocycles. The summed E-state index contributed by atoms with van der Waals surface area (Å²) in [5, 5.41) is 21.3. The Kier molecular flexibility index (Phi) is 6.56. The summed E-state index contributed by atoms with van der Waals surface area (Å²) in [5.41, 5.74) is -0.483. The van der Waals surface area contributed by atoms with Crippen molar-refractivity contribution in [2.24, 2.45) is 5.41 Å². The fraction of sp³-hybridized carbons (Fsp3) is 0.818. The van der Waals surface area contributed by atoms with Crippen molar-refractivity contribution < 1.29 is 10.2 Å². The van der Waals surface area contributed by atoms with Crippen molar-refractivity contribution in [3.63, 3.8) is 0 Å². The number of aliphatic hydroxyl groups is 2. The fourth-order valence-corrected chi connectivity index (χ4v) is 1.06. The summed E-state index contributed by atoms with van der Waals surface area (Å²) >= 11 is 0.